The van der Waals surface area contributed by atoms with Gasteiger partial charge in [0, 0.05) is 184 Å². The molecular formula is Nd2O5V2Y2-10. The van der Waals surface area contributed by atoms with Crippen LogP contribution in [0.4, 0.5) is 0 Å². The molecule has 0 aliphatic carbocycles. The SMILES string of the molecule is [Nd].[Nd].[O-2].[O-2].[O-2].[O-2].[O-2].[V].[V].[Y].[Y]. The van der Waals surface area contributed by atoms with Crippen LogP contribution in [0, 0.1) is 81.7 Å². The van der Waals surface area contributed by atoms with Gasteiger partial charge < -0.3 is 27.4 Å². The Hall–Kier alpha value is 5.88. The van der Waals surface area contributed by atoms with E-state index in [0.717, 1.165) is 0 Å². The molecule has 11 heteroatoms. The molecule has 0 aliphatic rings. The van der Waals surface area contributed by atoms with Crippen LogP contribution in [0.1, 0.15) is 0 Å². The van der Waals surface area contributed by atoms with E-state index in [2.05, 4.69) is 0 Å². The molecule has 64 valence electrons. The van der Waals surface area contributed by atoms with E-state index in [4.69, 9.17) is 0 Å². The van der Waals surface area contributed by atoms with E-state index in [1.807, 2.05) is 0 Å². The van der Waals surface area contributed by atoms with Crippen molar-refractivity contribution in [2.24, 2.45) is 0 Å². The zero-order valence-corrected chi connectivity index (χ0v) is 20.0. The summed E-state index contributed by atoms with van der Waals surface area (Å²) in [5.41, 5.74) is 0. The Morgan fingerprint density at radius 3 is 0.364 bits per heavy atom. The summed E-state index contributed by atoms with van der Waals surface area (Å²) in [7, 11) is 0. The average Bonchev–Trinajstić information content (AvgIpc) is 0. The van der Waals surface area contributed by atoms with Crippen LogP contribution in [0.2, 0.25) is 0 Å². The van der Waals surface area contributed by atoms with Crippen molar-refractivity contribution in [2.45, 2.75) is 0 Å². The summed E-state index contributed by atoms with van der Waals surface area (Å²) in [4.78, 5) is 0. The molecule has 0 aliphatic heterocycles. The van der Waals surface area contributed by atoms with Crippen molar-refractivity contribution >= 4 is 0 Å². The molecule has 0 atom stereocenters. The Labute approximate surface area is 206 Å². The number of hydrogen-bond acceptors (Lipinski definition) is 0. The van der Waals surface area contributed by atoms with Crippen LogP contribution in [-0.4, -0.2) is 0 Å². The maximum absolute atomic E-state index is 0. The Kier molecular flexibility index (Phi) is 1140. The van der Waals surface area contributed by atoms with E-state index in [1.165, 1.54) is 0 Å². The van der Waals surface area contributed by atoms with Crippen LogP contribution in [-0.2, 0) is 130 Å². The Bertz CT molecular complexity index is 20.4. The van der Waals surface area contributed by atoms with Crippen molar-refractivity contribution in [1.29, 1.82) is 0 Å². The third-order valence-electron chi connectivity index (χ3n) is 0. The summed E-state index contributed by atoms with van der Waals surface area (Å²) in [6.07, 6.45) is 0. The van der Waals surface area contributed by atoms with Crippen LogP contribution in [0.25, 0.3) is 0 Å². The fraction of sp³-hybridized carbons (Fsp3) is 0. The van der Waals surface area contributed by atoms with Gasteiger partial charge in [-0.1, -0.05) is 0 Å². The zero-order valence-electron chi connectivity index (χ0n) is 5.09. The first kappa shape index (κ1) is 123. The van der Waals surface area contributed by atoms with Crippen molar-refractivity contribution in [3.8, 4) is 0 Å². The molecule has 0 heterocycles. The first-order valence-electron chi connectivity index (χ1n) is 0. The van der Waals surface area contributed by atoms with Gasteiger partial charge in [0.25, 0.3) is 0 Å². The molecule has 0 amide bonds. The second-order valence-electron chi connectivity index (χ2n) is 0. The van der Waals surface area contributed by atoms with Crippen LogP contribution in [0.3, 0.4) is 0 Å². The predicted molar refractivity (Wildman–Crippen MR) is 3.43 cm³/mol. The molecular weight excluding hydrogens is 648 g/mol. The van der Waals surface area contributed by atoms with E-state index in [-0.39, 0.29) is 212 Å². The van der Waals surface area contributed by atoms with Gasteiger partial charge >= 0.3 is 0 Å². The monoisotopic (exact) mass is 643 g/mol. The molecule has 4 radical (unpaired) electrons. The third-order valence-corrected chi connectivity index (χ3v) is 0. The molecule has 0 spiro atoms. The Morgan fingerprint density at radius 2 is 0.364 bits per heavy atom. The van der Waals surface area contributed by atoms with E-state index >= 15 is 0 Å². The molecule has 5 nitrogen and oxygen atoms in total. The van der Waals surface area contributed by atoms with Gasteiger partial charge in [0.2, 0.25) is 0 Å². The largest absolute Gasteiger partial charge is 2.00 e. The first-order chi connectivity index (χ1) is 0. The summed E-state index contributed by atoms with van der Waals surface area (Å²) >= 11 is 0. The molecule has 0 N–H and O–H groups in total. The van der Waals surface area contributed by atoms with Crippen molar-refractivity contribution in [2.75, 3.05) is 0 Å². The summed E-state index contributed by atoms with van der Waals surface area (Å²) in [6, 6.07) is 0. The van der Waals surface area contributed by atoms with Gasteiger partial charge in [-0.25, -0.2) is 0 Å². The van der Waals surface area contributed by atoms with Crippen LogP contribution in [0.5, 0.6) is 0 Å². The van der Waals surface area contributed by atoms with E-state index in [9.17, 15) is 0 Å². The topological polar surface area (TPSA) is 142 Å². The second-order valence-corrected chi connectivity index (χ2v) is 0. The third kappa shape index (κ3) is 88.5. The Morgan fingerprint density at radius 1 is 0.364 bits per heavy atom. The fourth-order valence-corrected chi connectivity index (χ4v) is 0. The van der Waals surface area contributed by atoms with Crippen molar-refractivity contribution in [3.05, 3.63) is 0 Å². The normalized spacial score (nSPS) is 0. The molecule has 0 unspecified atom stereocenters. The van der Waals surface area contributed by atoms with E-state index in [1.54, 1.807) is 0 Å². The molecule has 0 bridgehead atoms. The van der Waals surface area contributed by atoms with Crippen LogP contribution in [0.15, 0.2) is 0 Å². The van der Waals surface area contributed by atoms with Gasteiger partial charge in [0.1, 0.15) is 0 Å². The fourth-order valence-electron chi connectivity index (χ4n) is 0. The minimum absolute atomic E-state index is 0. The number of hydrogen-bond donors (Lipinski definition) is 0. The minimum atomic E-state index is 0. The molecule has 11 heavy (non-hydrogen) atoms. The summed E-state index contributed by atoms with van der Waals surface area (Å²) in [5.74, 6) is 0. The molecule has 0 aromatic rings. The van der Waals surface area contributed by atoms with Crippen molar-refractivity contribution < 1.29 is 212 Å². The molecule has 0 aromatic carbocycles. The number of rotatable bonds is 0. The molecule has 0 fully saturated rings. The van der Waals surface area contributed by atoms with Gasteiger partial charge in [-0.2, -0.15) is 0 Å². The quantitative estimate of drug-likeness (QED) is 0.331. The van der Waals surface area contributed by atoms with Crippen molar-refractivity contribution in [3.63, 3.8) is 0 Å². The van der Waals surface area contributed by atoms with Gasteiger partial charge in [-0.15, -0.1) is 0 Å². The molecule has 0 saturated carbocycles. The molecule has 0 saturated heterocycles. The van der Waals surface area contributed by atoms with E-state index < -0.39 is 0 Å². The second kappa shape index (κ2) is 102. The predicted octanol–water partition coefficient (Wildman–Crippen LogP) is -0.604. The van der Waals surface area contributed by atoms with Gasteiger partial charge in [0.05, 0.1) is 0 Å². The van der Waals surface area contributed by atoms with Crippen molar-refractivity contribution in [1.82, 2.24) is 0 Å². The molecule has 0 aromatic heterocycles. The standard InChI is InChI=1S/2Nd.5O.2V.2Y/q;;5*-2;;;;. The van der Waals surface area contributed by atoms with Crippen LogP contribution < -0.4 is 0 Å². The maximum atomic E-state index is 0. The average molecular weight is 648 g/mol. The minimum Gasteiger partial charge on any atom is -2.00 e. The molecule has 0 rings (SSSR count). The van der Waals surface area contributed by atoms with E-state index in [0.29, 0.717) is 0 Å². The first-order valence-corrected chi connectivity index (χ1v) is 0. The summed E-state index contributed by atoms with van der Waals surface area (Å²) in [5, 5.41) is 0. The maximum Gasteiger partial charge on any atom is 0 e. The zero-order chi connectivity index (χ0) is 0. The van der Waals surface area contributed by atoms with Crippen LogP contribution >= 0.6 is 0 Å². The van der Waals surface area contributed by atoms with Gasteiger partial charge in [0.15, 0.2) is 0 Å². The summed E-state index contributed by atoms with van der Waals surface area (Å²) in [6.45, 7) is 0. The summed E-state index contributed by atoms with van der Waals surface area (Å²) < 4.78 is 0. The van der Waals surface area contributed by atoms with Gasteiger partial charge in [-0.05, 0) is 0 Å². The smallest absolute Gasteiger partial charge is 0 e. The Balaban J connectivity index is 0. The van der Waals surface area contributed by atoms with Gasteiger partial charge in [-0.3, -0.25) is 0 Å².